The quantitative estimate of drug-likeness (QED) is 0.576. The van der Waals surface area contributed by atoms with Crippen molar-refractivity contribution in [2.75, 3.05) is 20.8 Å². The van der Waals surface area contributed by atoms with Gasteiger partial charge in [-0.25, -0.2) is 0 Å². The van der Waals surface area contributed by atoms with E-state index >= 15 is 0 Å². The first-order valence-electron chi connectivity index (χ1n) is 8.31. The zero-order valence-corrected chi connectivity index (χ0v) is 16.0. The minimum absolute atomic E-state index is 0.225. The topological polar surface area (TPSA) is 66.6 Å². The second kappa shape index (κ2) is 8.60. The van der Waals surface area contributed by atoms with Crippen molar-refractivity contribution in [3.63, 3.8) is 0 Å². The molecule has 3 rings (SSSR count). The van der Waals surface area contributed by atoms with E-state index in [0.717, 1.165) is 11.1 Å². The fourth-order valence-electron chi connectivity index (χ4n) is 2.46. The van der Waals surface area contributed by atoms with E-state index in [9.17, 15) is 0 Å². The largest absolute Gasteiger partial charge is 0.497 e. The summed E-state index contributed by atoms with van der Waals surface area (Å²) in [5.74, 6) is 2.66. The molecular weight excluding hydrogens is 368 g/mol. The minimum Gasteiger partial charge on any atom is -0.497 e. The average molecular weight is 387 g/mol. The Bertz CT molecular complexity index is 953. The van der Waals surface area contributed by atoms with E-state index in [2.05, 4.69) is 10.1 Å². The second-order valence-corrected chi connectivity index (χ2v) is 5.90. The van der Waals surface area contributed by atoms with E-state index < -0.39 is 0 Å². The Morgan fingerprint density at radius 2 is 1.96 bits per heavy atom. The maximum Gasteiger partial charge on any atom is 0.269 e. The smallest absolute Gasteiger partial charge is 0.269 e. The van der Waals surface area contributed by atoms with Crippen molar-refractivity contribution >= 4 is 22.7 Å². The van der Waals surface area contributed by atoms with E-state index in [0.29, 0.717) is 34.7 Å². The molecule has 0 atom stereocenters. The number of benzene rings is 2. The van der Waals surface area contributed by atoms with Crippen LogP contribution in [0.3, 0.4) is 0 Å². The zero-order valence-electron chi connectivity index (χ0n) is 15.2. The van der Waals surface area contributed by atoms with Gasteiger partial charge in [-0.3, -0.25) is 0 Å². The summed E-state index contributed by atoms with van der Waals surface area (Å²) in [5, 5.41) is 4.31. The van der Waals surface area contributed by atoms with Crippen LogP contribution >= 0.6 is 11.6 Å². The second-order valence-electron chi connectivity index (χ2n) is 5.49. The van der Waals surface area contributed by atoms with E-state index in [1.54, 1.807) is 20.3 Å². The molecule has 0 aliphatic rings. The van der Waals surface area contributed by atoms with E-state index in [4.69, 9.17) is 30.3 Å². The third-order valence-electron chi connectivity index (χ3n) is 3.74. The van der Waals surface area contributed by atoms with Crippen LogP contribution in [0.15, 0.2) is 47.0 Å². The molecule has 0 N–H and O–H groups in total. The Kier molecular flexibility index (Phi) is 5.98. The number of rotatable bonds is 7. The highest BCUT2D eigenvalue weighted by atomic mass is 35.5. The van der Waals surface area contributed by atoms with Crippen molar-refractivity contribution in [2.45, 2.75) is 6.92 Å². The summed E-state index contributed by atoms with van der Waals surface area (Å²) in [7, 11) is 3.20. The Morgan fingerprint density at radius 1 is 1.11 bits per heavy atom. The molecule has 0 spiro atoms. The maximum atomic E-state index is 6.37. The van der Waals surface area contributed by atoms with Crippen LogP contribution in [0.2, 0.25) is 0 Å². The number of ether oxygens (including phenoxy) is 3. The first-order valence-corrected chi connectivity index (χ1v) is 8.69. The molecule has 0 aliphatic heterocycles. The molecule has 1 aromatic heterocycles. The SMILES string of the molecule is CCOc1cc(/C=C(\Cl)c2nc(-c3cccc(OC)c3)no2)ccc1OC. The lowest BCUT2D eigenvalue weighted by molar-refractivity contribution is 0.311. The van der Waals surface area contributed by atoms with Gasteiger partial charge < -0.3 is 18.7 Å². The zero-order chi connectivity index (χ0) is 19.2. The summed E-state index contributed by atoms with van der Waals surface area (Å²) in [6.45, 7) is 2.44. The lowest BCUT2D eigenvalue weighted by atomic mass is 10.2. The van der Waals surface area contributed by atoms with Gasteiger partial charge in [-0.05, 0) is 42.8 Å². The van der Waals surface area contributed by atoms with Crippen molar-refractivity contribution in [2.24, 2.45) is 0 Å². The monoisotopic (exact) mass is 386 g/mol. The molecule has 140 valence electrons. The first kappa shape index (κ1) is 18.8. The van der Waals surface area contributed by atoms with Crippen LogP contribution < -0.4 is 14.2 Å². The summed E-state index contributed by atoms with van der Waals surface area (Å²) in [4.78, 5) is 4.35. The molecule has 1 heterocycles. The van der Waals surface area contributed by atoms with Crippen molar-refractivity contribution in [3.05, 3.63) is 53.9 Å². The lowest BCUT2D eigenvalue weighted by Gasteiger charge is -2.09. The molecule has 0 aliphatic carbocycles. The van der Waals surface area contributed by atoms with Gasteiger partial charge in [0.25, 0.3) is 5.89 Å². The van der Waals surface area contributed by atoms with Crippen molar-refractivity contribution < 1.29 is 18.7 Å². The molecule has 3 aromatic rings. The molecule has 0 unspecified atom stereocenters. The Balaban J connectivity index is 1.87. The van der Waals surface area contributed by atoms with Gasteiger partial charge in [0.2, 0.25) is 5.82 Å². The molecule has 0 fully saturated rings. The normalized spacial score (nSPS) is 11.3. The number of methoxy groups -OCH3 is 2. The molecule has 6 nitrogen and oxygen atoms in total. The minimum atomic E-state index is 0.225. The van der Waals surface area contributed by atoms with Crippen LogP contribution in [0.1, 0.15) is 18.4 Å². The number of hydrogen-bond donors (Lipinski definition) is 0. The van der Waals surface area contributed by atoms with Gasteiger partial charge in [0.15, 0.2) is 11.5 Å². The summed E-state index contributed by atoms with van der Waals surface area (Å²) < 4.78 is 21.4. The van der Waals surface area contributed by atoms with Gasteiger partial charge in [0.05, 0.1) is 20.8 Å². The average Bonchev–Trinajstić information content (AvgIpc) is 3.19. The highest BCUT2D eigenvalue weighted by Crippen LogP contribution is 2.31. The van der Waals surface area contributed by atoms with Crippen LogP contribution in [0.5, 0.6) is 17.2 Å². The highest BCUT2D eigenvalue weighted by Gasteiger charge is 2.13. The molecular formula is C20H19ClN2O4. The number of aromatic nitrogens is 2. The fraction of sp³-hybridized carbons (Fsp3) is 0.200. The van der Waals surface area contributed by atoms with Gasteiger partial charge in [0, 0.05) is 5.56 Å². The molecule has 0 amide bonds. The van der Waals surface area contributed by atoms with Crippen LogP contribution in [0.4, 0.5) is 0 Å². The summed E-state index contributed by atoms with van der Waals surface area (Å²) in [6.07, 6.45) is 1.73. The third-order valence-corrected chi connectivity index (χ3v) is 4.01. The predicted molar refractivity (Wildman–Crippen MR) is 104 cm³/mol. The van der Waals surface area contributed by atoms with E-state index in [1.165, 1.54) is 0 Å². The first-order chi connectivity index (χ1) is 13.1. The van der Waals surface area contributed by atoms with Crippen molar-refractivity contribution in [3.8, 4) is 28.6 Å². The third kappa shape index (κ3) is 4.41. The molecule has 0 saturated heterocycles. The molecule has 2 aromatic carbocycles. The fourth-order valence-corrected chi connectivity index (χ4v) is 2.66. The summed E-state index contributed by atoms with van der Waals surface area (Å²) >= 11 is 6.37. The van der Waals surface area contributed by atoms with Gasteiger partial charge in [0.1, 0.15) is 10.8 Å². The number of hydrogen-bond acceptors (Lipinski definition) is 6. The Morgan fingerprint density at radius 3 is 2.70 bits per heavy atom. The maximum absolute atomic E-state index is 6.37. The molecule has 0 radical (unpaired) electrons. The Hall–Kier alpha value is -2.99. The summed E-state index contributed by atoms with van der Waals surface area (Å²) in [6, 6.07) is 12.9. The molecule has 0 bridgehead atoms. The molecule has 0 saturated carbocycles. The van der Waals surface area contributed by atoms with Crippen molar-refractivity contribution in [1.29, 1.82) is 0 Å². The number of nitrogens with zero attached hydrogens (tertiary/aromatic N) is 2. The van der Waals surface area contributed by atoms with Gasteiger partial charge in [-0.1, -0.05) is 35.0 Å². The van der Waals surface area contributed by atoms with E-state index in [1.807, 2.05) is 49.4 Å². The molecule has 27 heavy (non-hydrogen) atoms. The highest BCUT2D eigenvalue weighted by molar-refractivity contribution is 6.50. The predicted octanol–water partition coefficient (Wildman–Crippen LogP) is 4.89. The van der Waals surface area contributed by atoms with Crippen LogP contribution in [0, 0.1) is 0 Å². The molecule has 7 heteroatoms. The lowest BCUT2D eigenvalue weighted by Crippen LogP contribution is -1.95. The number of halogens is 1. The van der Waals surface area contributed by atoms with Crippen LogP contribution in [-0.4, -0.2) is 31.0 Å². The van der Waals surface area contributed by atoms with Gasteiger partial charge >= 0.3 is 0 Å². The van der Waals surface area contributed by atoms with Crippen LogP contribution in [0.25, 0.3) is 22.5 Å². The van der Waals surface area contributed by atoms with Gasteiger partial charge in [-0.2, -0.15) is 4.98 Å². The van der Waals surface area contributed by atoms with Gasteiger partial charge in [-0.15, -0.1) is 0 Å². The van der Waals surface area contributed by atoms with E-state index in [-0.39, 0.29) is 5.89 Å². The Labute approximate surface area is 162 Å². The summed E-state index contributed by atoms with van der Waals surface area (Å²) in [5.41, 5.74) is 1.60. The standard InChI is InChI=1S/C20H19ClN2O4/c1-4-26-18-11-13(8-9-17(18)25-3)10-16(21)20-22-19(23-27-20)14-6-5-7-15(12-14)24-2/h5-12H,4H2,1-3H3/b16-10-. The van der Waals surface area contributed by atoms with Crippen molar-refractivity contribution in [1.82, 2.24) is 10.1 Å². The van der Waals surface area contributed by atoms with Crippen LogP contribution in [-0.2, 0) is 0 Å².